The number of hydrogen-bond acceptors (Lipinski definition) is 5. The molecule has 1 N–H and O–H groups in total. The highest BCUT2D eigenvalue weighted by molar-refractivity contribution is 7.13. The first kappa shape index (κ1) is 11.0. The van der Waals surface area contributed by atoms with Crippen LogP contribution < -0.4 is 5.32 Å². The van der Waals surface area contributed by atoms with Crippen LogP contribution in [0, 0.1) is 6.92 Å². The third kappa shape index (κ3) is 1.90. The molecule has 2 heterocycles. The van der Waals surface area contributed by atoms with E-state index in [2.05, 4.69) is 27.2 Å². The number of nitrogens with one attached hydrogen (secondary N) is 1. The molecule has 0 aliphatic heterocycles. The van der Waals surface area contributed by atoms with Crippen molar-refractivity contribution in [2.75, 3.05) is 12.4 Å². The number of aryl methyl sites for hydroxylation is 1. The van der Waals surface area contributed by atoms with E-state index in [9.17, 15) is 0 Å². The zero-order chi connectivity index (χ0) is 11.5. The number of rotatable bonds is 3. The summed E-state index contributed by atoms with van der Waals surface area (Å²) < 4.78 is 0. The second-order valence-electron chi connectivity index (χ2n) is 3.41. The lowest BCUT2D eigenvalue weighted by atomic mass is 10.2. The number of nitrogens with zero attached hydrogens (tertiary/aromatic N) is 3. The molecular weight excluding hydrogens is 220 g/mol. The first-order valence-corrected chi connectivity index (χ1v) is 6.09. The van der Waals surface area contributed by atoms with E-state index >= 15 is 0 Å². The summed E-state index contributed by atoms with van der Waals surface area (Å²) >= 11 is 1.56. The van der Waals surface area contributed by atoms with E-state index in [0.29, 0.717) is 5.82 Å². The Labute approximate surface area is 98.8 Å². The van der Waals surface area contributed by atoms with Crippen molar-refractivity contribution in [2.24, 2.45) is 0 Å². The summed E-state index contributed by atoms with van der Waals surface area (Å²) in [6.45, 7) is 4.14. The minimum atomic E-state index is 0.710. The van der Waals surface area contributed by atoms with Gasteiger partial charge >= 0.3 is 0 Å². The van der Waals surface area contributed by atoms with E-state index in [0.717, 1.165) is 28.5 Å². The number of hydrogen-bond donors (Lipinski definition) is 1. The summed E-state index contributed by atoms with van der Waals surface area (Å²) in [7, 11) is 1.88. The molecule has 0 aliphatic carbocycles. The maximum atomic E-state index is 4.54. The highest BCUT2D eigenvalue weighted by atomic mass is 32.1. The van der Waals surface area contributed by atoms with Gasteiger partial charge in [-0.2, -0.15) is 0 Å². The number of anilines is 1. The lowest BCUT2D eigenvalue weighted by Crippen LogP contribution is -2.04. The highest BCUT2D eigenvalue weighted by Crippen LogP contribution is 2.23. The van der Waals surface area contributed by atoms with Gasteiger partial charge in [0.1, 0.15) is 5.82 Å². The quantitative estimate of drug-likeness (QED) is 0.886. The van der Waals surface area contributed by atoms with E-state index in [1.165, 1.54) is 0 Å². The SMILES string of the molecule is CCc1nc(-c2nccs2)nc(NC)c1C. The molecule has 5 heteroatoms. The van der Waals surface area contributed by atoms with Gasteiger partial charge in [-0.3, -0.25) is 0 Å². The molecule has 0 fully saturated rings. The molecule has 2 aromatic rings. The van der Waals surface area contributed by atoms with Gasteiger partial charge in [-0.1, -0.05) is 6.92 Å². The molecule has 0 atom stereocenters. The van der Waals surface area contributed by atoms with Gasteiger partial charge in [0.15, 0.2) is 10.8 Å². The van der Waals surface area contributed by atoms with Crippen LogP contribution in [0.3, 0.4) is 0 Å². The lowest BCUT2D eigenvalue weighted by molar-refractivity contribution is 0.976. The summed E-state index contributed by atoms with van der Waals surface area (Å²) in [5.74, 6) is 1.60. The van der Waals surface area contributed by atoms with Gasteiger partial charge in [0.25, 0.3) is 0 Å². The van der Waals surface area contributed by atoms with Crippen LogP contribution in [0.25, 0.3) is 10.8 Å². The predicted octanol–water partition coefficient (Wildman–Crippen LogP) is 2.51. The summed E-state index contributed by atoms with van der Waals surface area (Å²) in [6, 6.07) is 0. The first-order chi connectivity index (χ1) is 7.76. The molecule has 2 aromatic heterocycles. The number of aromatic nitrogens is 3. The molecule has 2 rings (SSSR count). The number of thiazole rings is 1. The normalized spacial score (nSPS) is 10.4. The maximum absolute atomic E-state index is 4.54. The molecule has 0 amide bonds. The van der Waals surface area contributed by atoms with Crippen LogP contribution >= 0.6 is 11.3 Å². The van der Waals surface area contributed by atoms with Gasteiger partial charge in [-0.25, -0.2) is 15.0 Å². The average Bonchev–Trinajstić information content (AvgIpc) is 2.83. The molecule has 4 nitrogen and oxygen atoms in total. The first-order valence-electron chi connectivity index (χ1n) is 5.21. The summed E-state index contributed by atoms with van der Waals surface area (Å²) in [6.07, 6.45) is 2.68. The van der Waals surface area contributed by atoms with Crippen molar-refractivity contribution >= 4 is 17.2 Å². The van der Waals surface area contributed by atoms with Crippen LogP contribution in [0.1, 0.15) is 18.2 Å². The fraction of sp³-hybridized carbons (Fsp3) is 0.364. The van der Waals surface area contributed by atoms with Crippen molar-refractivity contribution in [3.63, 3.8) is 0 Å². The Bertz CT molecular complexity index is 454. The van der Waals surface area contributed by atoms with Crippen molar-refractivity contribution in [1.29, 1.82) is 0 Å². The van der Waals surface area contributed by atoms with E-state index in [1.807, 2.05) is 19.4 Å². The van der Waals surface area contributed by atoms with Crippen LogP contribution in [0.5, 0.6) is 0 Å². The van der Waals surface area contributed by atoms with Gasteiger partial charge in [0, 0.05) is 29.9 Å². The molecule has 0 unspecified atom stereocenters. The van der Waals surface area contributed by atoms with Gasteiger partial charge in [0.2, 0.25) is 0 Å². The van der Waals surface area contributed by atoms with Crippen LogP contribution in [0.4, 0.5) is 5.82 Å². The van der Waals surface area contributed by atoms with Crippen molar-refractivity contribution in [2.45, 2.75) is 20.3 Å². The fourth-order valence-electron chi connectivity index (χ4n) is 1.58. The fourth-order valence-corrected chi connectivity index (χ4v) is 2.15. The third-order valence-electron chi connectivity index (χ3n) is 2.44. The van der Waals surface area contributed by atoms with Crippen molar-refractivity contribution < 1.29 is 0 Å². The molecule has 0 saturated heterocycles. The van der Waals surface area contributed by atoms with Crippen LogP contribution in [0.15, 0.2) is 11.6 Å². The topological polar surface area (TPSA) is 50.7 Å². The Hall–Kier alpha value is -1.49. The Balaban J connectivity index is 2.56. The lowest BCUT2D eigenvalue weighted by Gasteiger charge is -2.09. The predicted molar refractivity (Wildman–Crippen MR) is 66.8 cm³/mol. The van der Waals surface area contributed by atoms with E-state index in [4.69, 9.17) is 0 Å². The maximum Gasteiger partial charge on any atom is 0.190 e. The Morgan fingerprint density at radius 1 is 1.38 bits per heavy atom. The minimum absolute atomic E-state index is 0.710. The third-order valence-corrected chi connectivity index (χ3v) is 3.21. The Morgan fingerprint density at radius 2 is 2.19 bits per heavy atom. The van der Waals surface area contributed by atoms with Gasteiger partial charge in [-0.05, 0) is 13.3 Å². The Morgan fingerprint density at radius 3 is 2.75 bits per heavy atom. The molecule has 0 bridgehead atoms. The van der Waals surface area contributed by atoms with Crippen molar-refractivity contribution in [3.8, 4) is 10.8 Å². The molecular formula is C11H14N4S. The second-order valence-corrected chi connectivity index (χ2v) is 4.30. The van der Waals surface area contributed by atoms with E-state index in [1.54, 1.807) is 17.5 Å². The monoisotopic (exact) mass is 234 g/mol. The Kier molecular flexibility index (Phi) is 3.14. The van der Waals surface area contributed by atoms with E-state index in [-0.39, 0.29) is 0 Å². The highest BCUT2D eigenvalue weighted by Gasteiger charge is 2.11. The average molecular weight is 234 g/mol. The zero-order valence-corrected chi connectivity index (χ0v) is 10.4. The second kappa shape index (κ2) is 4.57. The van der Waals surface area contributed by atoms with Crippen LogP contribution in [0.2, 0.25) is 0 Å². The standard InChI is InChI=1S/C11H14N4S/c1-4-8-7(2)9(12-3)15-10(14-8)11-13-5-6-16-11/h5-6H,4H2,1-3H3,(H,12,14,15). The van der Waals surface area contributed by atoms with Gasteiger partial charge in [0.05, 0.1) is 0 Å². The smallest absolute Gasteiger partial charge is 0.190 e. The van der Waals surface area contributed by atoms with E-state index < -0.39 is 0 Å². The molecule has 16 heavy (non-hydrogen) atoms. The largest absolute Gasteiger partial charge is 0.373 e. The zero-order valence-electron chi connectivity index (χ0n) is 9.61. The van der Waals surface area contributed by atoms with Crippen LogP contribution in [-0.4, -0.2) is 22.0 Å². The minimum Gasteiger partial charge on any atom is -0.373 e. The molecule has 84 valence electrons. The summed E-state index contributed by atoms with van der Waals surface area (Å²) in [5, 5.41) is 5.90. The molecule has 0 aromatic carbocycles. The summed E-state index contributed by atoms with van der Waals surface area (Å²) in [4.78, 5) is 13.2. The summed E-state index contributed by atoms with van der Waals surface area (Å²) in [5.41, 5.74) is 2.19. The molecule has 0 aliphatic rings. The van der Waals surface area contributed by atoms with Crippen LogP contribution in [-0.2, 0) is 6.42 Å². The van der Waals surface area contributed by atoms with Gasteiger partial charge < -0.3 is 5.32 Å². The molecule has 0 spiro atoms. The van der Waals surface area contributed by atoms with Gasteiger partial charge in [-0.15, -0.1) is 11.3 Å². The molecule has 0 saturated carbocycles. The van der Waals surface area contributed by atoms with Crippen molar-refractivity contribution in [1.82, 2.24) is 15.0 Å². The molecule has 0 radical (unpaired) electrons. The van der Waals surface area contributed by atoms with Crippen molar-refractivity contribution in [3.05, 3.63) is 22.8 Å².